The second-order valence-electron chi connectivity index (χ2n) is 5.31. The van der Waals surface area contributed by atoms with Crippen LogP contribution >= 0.6 is 15.9 Å². The van der Waals surface area contributed by atoms with Crippen LogP contribution in [0.15, 0.2) is 28.7 Å². The van der Waals surface area contributed by atoms with Crippen molar-refractivity contribution in [2.75, 3.05) is 0 Å². The Balaban J connectivity index is 2.91. The van der Waals surface area contributed by atoms with Gasteiger partial charge in [0.1, 0.15) is 6.17 Å². The first-order chi connectivity index (χ1) is 9.31. The number of carbonyl (C=O) groups is 2. The number of rotatable bonds is 5. The third-order valence-electron chi connectivity index (χ3n) is 2.83. The van der Waals surface area contributed by atoms with Crippen LogP contribution < -0.4 is 10.6 Å². The fourth-order valence-corrected chi connectivity index (χ4v) is 1.74. The van der Waals surface area contributed by atoms with Crippen LogP contribution in [0.25, 0.3) is 0 Å². The third-order valence-corrected chi connectivity index (χ3v) is 3.35. The van der Waals surface area contributed by atoms with Crippen molar-refractivity contribution < 1.29 is 9.59 Å². The lowest BCUT2D eigenvalue weighted by Gasteiger charge is -2.23. The van der Waals surface area contributed by atoms with Gasteiger partial charge in [-0.15, -0.1) is 0 Å². The molecule has 5 heteroatoms. The van der Waals surface area contributed by atoms with Crippen molar-refractivity contribution in [3.63, 3.8) is 0 Å². The van der Waals surface area contributed by atoms with E-state index in [2.05, 4.69) is 26.6 Å². The van der Waals surface area contributed by atoms with E-state index in [-0.39, 0.29) is 23.7 Å². The minimum absolute atomic E-state index is 0.0954. The maximum absolute atomic E-state index is 11.9. The highest BCUT2D eigenvalue weighted by molar-refractivity contribution is 9.10. The Morgan fingerprint density at radius 2 is 1.30 bits per heavy atom. The Kier molecular flexibility index (Phi) is 6.20. The van der Waals surface area contributed by atoms with Crippen LogP contribution in [0.3, 0.4) is 0 Å². The zero-order valence-corrected chi connectivity index (χ0v) is 13.8. The van der Waals surface area contributed by atoms with Crippen LogP contribution in [0.4, 0.5) is 0 Å². The molecule has 2 N–H and O–H groups in total. The van der Waals surface area contributed by atoms with E-state index in [9.17, 15) is 9.59 Å². The van der Waals surface area contributed by atoms with E-state index in [1.54, 1.807) is 0 Å². The molecule has 110 valence electrons. The van der Waals surface area contributed by atoms with Gasteiger partial charge in [-0.2, -0.15) is 0 Å². The molecule has 0 unspecified atom stereocenters. The predicted molar refractivity (Wildman–Crippen MR) is 82.8 cm³/mol. The maximum atomic E-state index is 11.9. The van der Waals surface area contributed by atoms with E-state index < -0.39 is 6.17 Å². The Morgan fingerprint density at radius 1 is 0.900 bits per heavy atom. The van der Waals surface area contributed by atoms with E-state index in [0.29, 0.717) is 0 Å². The number of amides is 2. The molecule has 0 saturated carbocycles. The summed E-state index contributed by atoms with van der Waals surface area (Å²) in [6, 6.07) is 7.50. The second kappa shape index (κ2) is 7.43. The number of hydrogen-bond donors (Lipinski definition) is 2. The Labute approximate surface area is 128 Å². The van der Waals surface area contributed by atoms with Gasteiger partial charge in [0.15, 0.2) is 0 Å². The van der Waals surface area contributed by atoms with Crippen LogP contribution in [0.1, 0.15) is 39.4 Å². The first kappa shape index (κ1) is 16.7. The molecule has 0 aliphatic carbocycles. The lowest BCUT2D eigenvalue weighted by molar-refractivity contribution is -0.127. The first-order valence-electron chi connectivity index (χ1n) is 6.67. The van der Waals surface area contributed by atoms with Crippen LogP contribution in [0, 0.1) is 11.8 Å². The van der Waals surface area contributed by atoms with E-state index >= 15 is 0 Å². The molecule has 1 rings (SSSR count). The van der Waals surface area contributed by atoms with Crippen molar-refractivity contribution in [1.29, 1.82) is 0 Å². The van der Waals surface area contributed by atoms with Gasteiger partial charge in [-0.1, -0.05) is 55.8 Å². The minimum atomic E-state index is -0.507. The molecular formula is C15H21BrN2O2. The van der Waals surface area contributed by atoms with Gasteiger partial charge < -0.3 is 10.6 Å². The molecular weight excluding hydrogens is 320 g/mol. The summed E-state index contributed by atoms with van der Waals surface area (Å²) in [6.07, 6.45) is -0.507. The Morgan fingerprint density at radius 3 is 1.65 bits per heavy atom. The van der Waals surface area contributed by atoms with Gasteiger partial charge in [0.25, 0.3) is 0 Å². The zero-order chi connectivity index (χ0) is 15.3. The van der Waals surface area contributed by atoms with Gasteiger partial charge in [0.05, 0.1) is 0 Å². The summed E-state index contributed by atoms with van der Waals surface area (Å²) in [5.74, 6) is -0.461. The fraction of sp³-hybridized carbons (Fsp3) is 0.467. The molecule has 0 atom stereocenters. The quantitative estimate of drug-likeness (QED) is 0.809. The average Bonchev–Trinajstić information content (AvgIpc) is 2.38. The molecule has 1 aromatic carbocycles. The number of nitrogens with one attached hydrogen (secondary N) is 2. The zero-order valence-electron chi connectivity index (χ0n) is 12.2. The number of halogens is 1. The standard InChI is InChI=1S/C15H21BrN2O2/c1-9(2)14(19)17-13(18-15(20)10(3)4)11-5-7-12(16)8-6-11/h5-10,13H,1-4H3,(H,17,19)(H,18,20). The molecule has 1 aromatic rings. The number of hydrogen-bond acceptors (Lipinski definition) is 2. The van der Waals surface area contributed by atoms with Gasteiger partial charge >= 0.3 is 0 Å². The monoisotopic (exact) mass is 340 g/mol. The summed E-state index contributed by atoms with van der Waals surface area (Å²) in [5, 5.41) is 5.70. The van der Waals surface area contributed by atoms with Crippen molar-refractivity contribution in [1.82, 2.24) is 10.6 Å². The Hall–Kier alpha value is -1.36. The van der Waals surface area contributed by atoms with Crippen LogP contribution in [-0.4, -0.2) is 11.8 Å². The van der Waals surface area contributed by atoms with Gasteiger partial charge in [-0.05, 0) is 17.7 Å². The third kappa shape index (κ3) is 4.96. The highest BCUT2D eigenvalue weighted by atomic mass is 79.9. The highest BCUT2D eigenvalue weighted by Crippen LogP contribution is 2.16. The largest absolute Gasteiger partial charge is 0.332 e. The highest BCUT2D eigenvalue weighted by Gasteiger charge is 2.19. The van der Waals surface area contributed by atoms with Crippen LogP contribution in [0.2, 0.25) is 0 Å². The van der Waals surface area contributed by atoms with Crippen molar-refractivity contribution in [2.24, 2.45) is 11.8 Å². The molecule has 0 spiro atoms. The summed E-state index contributed by atoms with van der Waals surface area (Å²) >= 11 is 3.37. The second-order valence-corrected chi connectivity index (χ2v) is 6.23. The lowest BCUT2D eigenvalue weighted by atomic mass is 10.1. The summed E-state index contributed by atoms with van der Waals surface area (Å²) in [6.45, 7) is 7.27. The molecule has 0 heterocycles. The van der Waals surface area contributed by atoms with Gasteiger partial charge in [0, 0.05) is 16.3 Å². The smallest absolute Gasteiger partial charge is 0.224 e. The molecule has 0 fully saturated rings. The van der Waals surface area contributed by atoms with E-state index in [4.69, 9.17) is 0 Å². The van der Waals surface area contributed by atoms with Gasteiger partial charge in [0.2, 0.25) is 11.8 Å². The molecule has 4 nitrogen and oxygen atoms in total. The van der Waals surface area contributed by atoms with Crippen molar-refractivity contribution in [3.8, 4) is 0 Å². The summed E-state index contributed by atoms with van der Waals surface area (Å²) in [7, 11) is 0. The van der Waals surface area contributed by atoms with Crippen LogP contribution in [-0.2, 0) is 9.59 Å². The molecule has 0 bridgehead atoms. The van der Waals surface area contributed by atoms with Crippen molar-refractivity contribution >= 4 is 27.7 Å². The molecule has 20 heavy (non-hydrogen) atoms. The predicted octanol–water partition coefficient (Wildman–Crippen LogP) is 2.99. The Bertz CT molecular complexity index is 447. The maximum Gasteiger partial charge on any atom is 0.224 e. The number of benzene rings is 1. The molecule has 0 saturated heterocycles. The van der Waals surface area contributed by atoms with Crippen molar-refractivity contribution in [3.05, 3.63) is 34.3 Å². The van der Waals surface area contributed by atoms with Crippen molar-refractivity contribution in [2.45, 2.75) is 33.9 Å². The number of carbonyl (C=O) groups excluding carboxylic acids is 2. The summed E-state index contributed by atoms with van der Waals surface area (Å²) in [5.41, 5.74) is 0.844. The lowest BCUT2D eigenvalue weighted by Crippen LogP contribution is -2.43. The molecule has 0 aliphatic heterocycles. The molecule has 0 aromatic heterocycles. The minimum Gasteiger partial charge on any atom is -0.332 e. The molecule has 2 amide bonds. The SMILES string of the molecule is CC(C)C(=O)NC(NC(=O)C(C)C)c1ccc(Br)cc1. The first-order valence-corrected chi connectivity index (χ1v) is 7.46. The fourth-order valence-electron chi connectivity index (χ4n) is 1.48. The van der Waals surface area contributed by atoms with E-state index in [1.807, 2.05) is 52.0 Å². The van der Waals surface area contributed by atoms with E-state index in [1.165, 1.54) is 0 Å². The van der Waals surface area contributed by atoms with Gasteiger partial charge in [-0.3, -0.25) is 9.59 Å². The molecule has 0 radical (unpaired) electrons. The van der Waals surface area contributed by atoms with E-state index in [0.717, 1.165) is 10.0 Å². The molecule has 0 aliphatic rings. The van der Waals surface area contributed by atoms with Crippen LogP contribution in [0.5, 0.6) is 0 Å². The summed E-state index contributed by atoms with van der Waals surface area (Å²) < 4.78 is 0.949. The normalized spacial score (nSPS) is 11.0. The van der Waals surface area contributed by atoms with Gasteiger partial charge in [-0.25, -0.2) is 0 Å². The summed E-state index contributed by atoms with van der Waals surface area (Å²) in [4.78, 5) is 23.7. The average molecular weight is 341 g/mol. The topological polar surface area (TPSA) is 58.2 Å².